The van der Waals surface area contributed by atoms with E-state index in [2.05, 4.69) is 9.97 Å². The number of aryl methyl sites for hydroxylation is 2. The maximum Gasteiger partial charge on any atom is 0.142 e. The molecule has 0 amide bonds. The van der Waals surface area contributed by atoms with Crippen LogP contribution >= 0.6 is 11.3 Å². The van der Waals surface area contributed by atoms with Gasteiger partial charge in [-0.25, -0.2) is 9.97 Å². The van der Waals surface area contributed by atoms with Crippen LogP contribution in [0.15, 0.2) is 5.38 Å². The van der Waals surface area contributed by atoms with E-state index in [1.807, 2.05) is 19.2 Å². The second-order valence-electron chi connectivity index (χ2n) is 2.99. The monoisotopic (exact) mass is 194 g/mol. The van der Waals surface area contributed by atoms with Crippen molar-refractivity contribution in [1.82, 2.24) is 9.97 Å². The van der Waals surface area contributed by atoms with Crippen LogP contribution in [-0.2, 0) is 6.61 Å². The van der Waals surface area contributed by atoms with Gasteiger partial charge in [0.15, 0.2) is 0 Å². The van der Waals surface area contributed by atoms with Crippen LogP contribution in [0.5, 0.6) is 0 Å². The quantitative estimate of drug-likeness (QED) is 0.753. The van der Waals surface area contributed by atoms with Crippen LogP contribution in [0.25, 0.3) is 10.3 Å². The second-order valence-corrected chi connectivity index (χ2v) is 3.84. The number of hydrogen-bond donors (Lipinski definition) is 1. The highest BCUT2D eigenvalue weighted by molar-refractivity contribution is 7.16. The van der Waals surface area contributed by atoms with Crippen molar-refractivity contribution in [2.45, 2.75) is 20.5 Å². The number of rotatable bonds is 1. The number of aliphatic hydroxyl groups is 1. The summed E-state index contributed by atoms with van der Waals surface area (Å²) in [6.07, 6.45) is 0. The highest BCUT2D eigenvalue weighted by Crippen LogP contribution is 2.22. The summed E-state index contributed by atoms with van der Waals surface area (Å²) >= 11 is 1.59. The van der Waals surface area contributed by atoms with Gasteiger partial charge in [-0.15, -0.1) is 11.3 Å². The highest BCUT2D eigenvalue weighted by atomic mass is 32.1. The van der Waals surface area contributed by atoms with Crippen molar-refractivity contribution in [3.8, 4) is 0 Å². The Morgan fingerprint density at radius 1 is 1.38 bits per heavy atom. The average Bonchev–Trinajstić information content (AvgIpc) is 2.46. The van der Waals surface area contributed by atoms with Crippen LogP contribution < -0.4 is 0 Å². The lowest BCUT2D eigenvalue weighted by Crippen LogP contribution is -1.96. The lowest BCUT2D eigenvalue weighted by Gasteiger charge is -2.00. The maximum absolute atomic E-state index is 9.01. The Labute approximate surface area is 80.1 Å². The van der Waals surface area contributed by atoms with Gasteiger partial charge in [0.05, 0.1) is 18.0 Å². The normalized spacial score (nSPS) is 11.0. The molecular weight excluding hydrogens is 184 g/mol. The molecule has 2 heterocycles. The smallest absolute Gasteiger partial charge is 0.142 e. The fraction of sp³-hybridized carbons (Fsp3) is 0.333. The minimum absolute atomic E-state index is 0.0376. The molecule has 4 heteroatoms. The summed E-state index contributed by atoms with van der Waals surface area (Å²) in [5.41, 5.74) is 3.53. The van der Waals surface area contributed by atoms with E-state index >= 15 is 0 Å². The Morgan fingerprint density at radius 3 is 2.85 bits per heavy atom. The van der Waals surface area contributed by atoms with Gasteiger partial charge in [0, 0.05) is 0 Å². The predicted octanol–water partition coefficient (Wildman–Crippen LogP) is 1.80. The molecule has 68 valence electrons. The molecule has 1 N–H and O–H groups in total. The molecule has 0 aliphatic rings. The zero-order valence-corrected chi connectivity index (χ0v) is 8.35. The van der Waals surface area contributed by atoms with E-state index in [1.165, 1.54) is 0 Å². The molecule has 0 atom stereocenters. The van der Waals surface area contributed by atoms with Crippen LogP contribution in [-0.4, -0.2) is 15.1 Å². The number of thiophene rings is 1. The van der Waals surface area contributed by atoms with Crippen LogP contribution in [0, 0.1) is 13.8 Å². The Kier molecular flexibility index (Phi) is 2.01. The van der Waals surface area contributed by atoms with E-state index in [0.717, 1.165) is 21.6 Å². The summed E-state index contributed by atoms with van der Waals surface area (Å²) in [4.78, 5) is 9.67. The van der Waals surface area contributed by atoms with Gasteiger partial charge in [0.1, 0.15) is 10.3 Å². The lowest BCUT2D eigenvalue weighted by molar-refractivity contribution is 0.276. The third kappa shape index (κ3) is 1.32. The topological polar surface area (TPSA) is 46.0 Å². The highest BCUT2D eigenvalue weighted by Gasteiger charge is 2.07. The summed E-state index contributed by atoms with van der Waals surface area (Å²) in [6, 6.07) is 0. The van der Waals surface area contributed by atoms with E-state index < -0.39 is 0 Å². The summed E-state index contributed by atoms with van der Waals surface area (Å²) in [5.74, 6) is 0. The molecule has 2 aromatic heterocycles. The number of aromatic nitrogens is 2. The van der Waals surface area contributed by atoms with Gasteiger partial charge in [0.25, 0.3) is 0 Å². The SMILES string of the molecule is Cc1nc2scc(C)c2nc1CO. The molecule has 2 aromatic rings. The van der Waals surface area contributed by atoms with E-state index in [9.17, 15) is 0 Å². The van der Waals surface area contributed by atoms with Gasteiger partial charge in [-0.3, -0.25) is 0 Å². The molecule has 0 saturated heterocycles. The molecule has 0 aliphatic carbocycles. The van der Waals surface area contributed by atoms with Crippen LogP contribution in [0.1, 0.15) is 17.0 Å². The fourth-order valence-electron chi connectivity index (χ4n) is 1.22. The second kappa shape index (κ2) is 3.05. The number of nitrogens with zero attached hydrogens (tertiary/aromatic N) is 2. The molecule has 0 saturated carbocycles. The van der Waals surface area contributed by atoms with E-state index in [4.69, 9.17) is 5.11 Å². The van der Waals surface area contributed by atoms with Crippen molar-refractivity contribution in [1.29, 1.82) is 0 Å². The molecule has 3 nitrogen and oxygen atoms in total. The van der Waals surface area contributed by atoms with E-state index in [-0.39, 0.29) is 6.61 Å². The fourth-order valence-corrected chi connectivity index (χ4v) is 2.13. The molecule has 0 fully saturated rings. The number of aliphatic hydroxyl groups excluding tert-OH is 1. The maximum atomic E-state index is 9.01. The van der Waals surface area contributed by atoms with Gasteiger partial charge in [0.2, 0.25) is 0 Å². The molecule has 0 radical (unpaired) electrons. The number of hydrogen-bond acceptors (Lipinski definition) is 4. The first-order valence-corrected chi connectivity index (χ1v) is 4.92. The first-order valence-electron chi connectivity index (χ1n) is 4.04. The van der Waals surface area contributed by atoms with Gasteiger partial charge < -0.3 is 5.11 Å². The van der Waals surface area contributed by atoms with Crippen molar-refractivity contribution in [2.24, 2.45) is 0 Å². The first-order chi connectivity index (χ1) is 6.22. The van der Waals surface area contributed by atoms with Gasteiger partial charge in [-0.1, -0.05) is 0 Å². The summed E-state index contributed by atoms with van der Waals surface area (Å²) < 4.78 is 0. The molecule has 0 bridgehead atoms. The zero-order valence-electron chi connectivity index (χ0n) is 7.53. The molecule has 0 spiro atoms. The predicted molar refractivity (Wildman–Crippen MR) is 52.8 cm³/mol. The lowest BCUT2D eigenvalue weighted by atomic mass is 10.3. The van der Waals surface area contributed by atoms with E-state index in [1.54, 1.807) is 11.3 Å². The van der Waals surface area contributed by atoms with E-state index in [0.29, 0.717) is 5.69 Å². The summed E-state index contributed by atoms with van der Waals surface area (Å²) in [5, 5.41) is 11.0. The van der Waals surface area contributed by atoms with Crippen molar-refractivity contribution in [3.05, 3.63) is 22.3 Å². The third-order valence-corrected chi connectivity index (χ3v) is 2.99. The minimum atomic E-state index is -0.0376. The van der Waals surface area contributed by atoms with Gasteiger partial charge >= 0.3 is 0 Å². The largest absolute Gasteiger partial charge is 0.390 e. The molecular formula is C9H10N2OS. The molecule has 13 heavy (non-hydrogen) atoms. The van der Waals surface area contributed by atoms with Crippen molar-refractivity contribution in [2.75, 3.05) is 0 Å². The third-order valence-electron chi connectivity index (χ3n) is 2.01. The molecule has 2 rings (SSSR count). The Bertz CT molecular complexity index is 450. The average molecular weight is 194 g/mol. The van der Waals surface area contributed by atoms with Crippen molar-refractivity contribution >= 4 is 21.7 Å². The molecule has 0 aromatic carbocycles. The van der Waals surface area contributed by atoms with Gasteiger partial charge in [-0.2, -0.15) is 0 Å². The Morgan fingerprint density at radius 2 is 2.15 bits per heavy atom. The first kappa shape index (κ1) is 8.59. The Hall–Kier alpha value is -1.00. The number of fused-ring (bicyclic) bond motifs is 1. The standard InChI is InChI=1S/C9H10N2OS/c1-5-4-13-9-8(5)11-7(3-12)6(2)10-9/h4,12H,3H2,1-2H3. The molecule has 0 unspecified atom stereocenters. The summed E-state index contributed by atoms with van der Waals surface area (Å²) in [7, 11) is 0. The minimum Gasteiger partial charge on any atom is -0.390 e. The van der Waals surface area contributed by atoms with Crippen molar-refractivity contribution < 1.29 is 5.11 Å². The zero-order chi connectivity index (χ0) is 9.42. The van der Waals surface area contributed by atoms with Crippen molar-refractivity contribution in [3.63, 3.8) is 0 Å². The molecule has 0 aliphatic heterocycles. The van der Waals surface area contributed by atoms with Crippen LogP contribution in [0.3, 0.4) is 0 Å². The Balaban J connectivity index is 2.77. The van der Waals surface area contributed by atoms with Crippen LogP contribution in [0.4, 0.5) is 0 Å². The van der Waals surface area contributed by atoms with Gasteiger partial charge in [-0.05, 0) is 24.8 Å². The summed E-state index contributed by atoms with van der Waals surface area (Å²) in [6.45, 7) is 3.83. The van der Waals surface area contributed by atoms with Crippen LogP contribution in [0.2, 0.25) is 0 Å².